The lowest BCUT2D eigenvalue weighted by atomic mass is 10.3. The highest BCUT2D eigenvalue weighted by atomic mass is 16.2. The molecule has 12 heavy (non-hydrogen) atoms. The molecule has 1 N–H and O–H groups in total. The third-order valence-corrected chi connectivity index (χ3v) is 2.96. The van der Waals surface area contributed by atoms with Crippen LogP contribution < -0.4 is 5.32 Å². The van der Waals surface area contributed by atoms with Crippen molar-refractivity contribution in [2.75, 3.05) is 0 Å². The number of hydrogen-bond acceptors (Lipinski definition) is 2. The number of nitrogens with one attached hydrogen (secondary N) is 1. The third kappa shape index (κ3) is 1.04. The Morgan fingerprint density at radius 3 is 2.33 bits per heavy atom. The van der Waals surface area contributed by atoms with Gasteiger partial charge in [-0.3, -0.25) is 10.1 Å². The van der Waals surface area contributed by atoms with Crippen molar-refractivity contribution < 1.29 is 4.79 Å². The van der Waals surface area contributed by atoms with Crippen molar-refractivity contribution in [3.05, 3.63) is 0 Å². The molecule has 2 aliphatic rings. The molecule has 2 rings (SSSR count). The molecule has 1 saturated carbocycles. The van der Waals surface area contributed by atoms with Crippen LogP contribution in [0.4, 0.5) is 0 Å². The topological polar surface area (TPSA) is 32.3 Å². The van der Waals surface area contributed by atoms with Crippen LogP contribution >= 0.6 is 0 Å². The summed E-state index contributed by atoms with van der Waals surface area (Å²) < 4.78 is 0. The first-order valence-corrected chi connectivity index (χ1v) is 4.69. The lowest BCUT2D eigenvalue weighted by Gasteiger charge is -2.20. The van der Waals surface area contributed by atoms with Crippen LogP contribution in [0.5, 0.6) is 0 Å². The van der Waals surface area contributed by atoms with Crippen molar-refractivity contribution in [1.29, 1.82) is 0 Å². The monoisotopic (exact) mass is 168 g/mol. The molecule has 4 unspecified atom stereocenters. The second-order valence-electron chi connectivity index (χ2n) is 4.09. The maximum atomic E-state index is 11.6. The van der Waals surface area contributed by atoms with E-state index in [-0.39, 0.29) is 18.1 Å². The zero-order valence-corrected chi connectivity index (χ0v) is 7.87. The fraction of sp³-hybridized carbons (Fsp3) is 0.889. The summed E-state index contributed by atoms with van der Waals surface area (Å²) in [4.78, 5) is 13.6. The minimum atomic E-state index is 0.0211. The summed E-state index contributed by atoms with van der Waals surface area (Å²) in [6.07, 6.45) is 1.42. The van der Waals surface area contributed by atoms with E-state index in [4.69, 9.17) is 0 Å². The van der Waals surface area contributed by atoms with Crippen molar-refractivity contribution in [2.24, 2.45) is 5.92 Å². The maximum Gasteiger partial charge on any atom is 0.240 e. The number of carbonyl (C=O) groups excluding carboxylic acids is 1. The van der Waals surface area contributed by atoms with E-state index in [0.29, 0.717) is 12.0 Å². The van der Waals surface area contributed by atoms with Gasteiger partial charge in [-0.2, -0.15) is 0 Å². The number of carbonyl (C=O) groups is 1. The first-order valence-electron chi connectivity index (χ1n) is 4.69. The molecule has 4 atom stereocenters. The Balaban J connectivity index is 2.09. The lowest BCUT2D eigenvalue weighted by molar-refractivity contribution is -0.130. The predicted octanol–water partition coefficient (Wildman–Crippen LogP) is 0.561. The van der Waals surface area contributed by atoms with Gasteiger partial charge in [0.05, 0.1) is 12.2 Å². The summed E-state index contributed by atoms with van der Waals surface area (Å²) in [5.41, 5.74) is 0. The standard InChI is InChI=1S/C9H16N2O/c1-5-4-8(5)11-7(3)10-6(2)9(11)12/h5-8,10H,4H2,1-3H3. The molecule has 1 aliphatic heterocycles. The van der Waals surface area contributed by atoms with Crippen molar-refractivity contribution in [3.63, 3.8) is 0 Å². The molecule has 0 spiro atoms. The molecule has 68 valence electrons. The molecular formula is C9H16N2O. The van der Waals surface area contributed by atoms with Gasteiger partial charge in [-0.05, 0) is 26.2 Å². The largest absolute Gasteiger partial charge is 0.323 e. The highest BCUT2D eigenvalue weighted by molar-refractivity contribution is 5.84. The van der Waals surface area contributed by atoms with E-state index >= 15 is 0 Å². The van der Waals surface area contributed by atoms with Crippen LogP contribution in [0.3, 0.4) is 0 Å². The third-order valence-electron chi connectivity index (χ3n) is 2.96. The molecule has 0 aromatic heterocycles. The Morgan fingerprint density at radius 1 is 1.42 bits per heavy atom. The van der Waals surface area contributed by atoms with Gasteiger partial charge in [0.15, 0.2) is 0 Å². The Morgan fingerprint density at radius 2 is 2.00 bits per heavy atom. The second kappa shape index (κ2) is 2.46. The fourth-order valence-electron chi connectivity index (χ4n) is 2.07. The molecule has 0 aromatic rings. The molecule has 2 fully saturated rings. The zero-order valence-electron chi connectivity index (χ0n) is 7.87. The first kappa shape index (κ1) is 8.05. The van der Waals surface area contributed by atoms with Crippen LogP contribution in [0.25, 0.3) is 0 Å². The highest BCUT2D eigenvalue weighted by Gasteiger charge is 2.47. The molecular weight excluding hydrogens is 152 g/mol. The SMILES string of the molecule is CC1NC(C)N(C2CC2C)C1=O. The number of hydrogen-bond donors (Lipinski definition) is 1. The maximum absolute atomic E-state index is 11.6. The summed E-state index contributed by atoms with van der Waals surface area (Å²) >= 11 is 0. The predicted molar refractivity (Wildman–Crippen MR) is 46.5 cm³/mol. The fourth-order valence-corrected chi connectivity index (χ4v) is 2.07. The van der Waals surface area contributed by atoms with E-state index in [0.717, 1.165) is 0 Å². The average molecular weight is 168 g/mol. The Hall–Kier alpha value is -0.570. The average Bonchev–Trinajstić information content (AvgIpc) is 2.61. The minimum absolute atomic E-state index is 0.0211. The summed E-state index contributed by atoms with van der Waals surface area (Å²) in [7, 11) is 0. The summed E-state index contributed by atoms with van der Waals surface area (Å²) in [5, 5.41) is 3.23. The van der Waals surface area contributed by atoms with Gasteiger partial charge in [0.2, 0.25) is 5.91 Å². The van der Waals surface area contributed by atoms with Gasteiger partial charge in [-0.15, -0.1) is 0 Å². The second-order valence-corrected chi connectivity index (χ2v) is 4.09. The summed E-state index contributed by atoms with van der Waals surface area (Å²) in [6, 6.07) is 0.540. The molecule has 1 heterocycles. The van der Waals surface area contributed by atoms with E-state index in [1.54, 1.807) is 0 Å². The van der Waals surface area contributed by atoms with Crippen LogP contribution in [0.2, 0.25) is 0 Å². The summed E-state index contributed by atoms with van der Waals surface area (Å²) in [6.45, 7) is 6.20. The van der Waals surface area contributed by atoms with Gasteiger partial charge < -0.3 is 4.90 Å². The Kier molecular flexibility index (Phi) is 1.65. The van der Waals surface area contributed by atoms with Crippen LogP contribution in [0.1, 0.15) is 27.2 Å². The van der Waals surface area contributed by atoms with Gasteiger partial charge in [-0.1, -0.05) is 6.92 Å². The molecule has 1 amide bonds. The van der Waals surface area contributed by atoms with E-state index in [1.807, 2.05) is 11.8 Å². The van der Waals surface area contributed by atoms with Crippen molar-refractivity contribution in [3.8, 4) is 0 Å². The Bertz CT molecular complexity index is 215. The number of amides is 1. The highest BCUT2D eigenvalue weighted by Crippen LogP contribution is 2.37. The van der Waals surface area contributed by atoms with Crippen molar-refractivity contribution >= 4 is 5.91 Å². The summed E-state index contributed by atoms with van der Waals surface area (Å²) in [5.74, 6) is 0.986. The molecule has 1 aliphatic carbocycles. The normalized spacial score (nSPS) is 46.9. The molecule has 0 aromatic carbocycles. The van der Waals surface area contributed by atoms with E-state index in [9.17, 15) is 4.79 Å². The number of rotatable bonds is 1. The zero-order chi connectivity index (χ0) is 8.88. The number of nitrogens with zero attached hydrogens (tertiary/aromatic N) is 1. The van der Waals surface area contributed by atoms with Crippen LogP contribution in [0.15, 0.2) is 0 Å². The molecule has 3 heteroatoms. The molecule has 3 nitrogen and oxygen atoms in total. The smallest absolute Gasteiger partial charge is 0.240 e. The minimum Gasteiger partial charge on any atom is -0.323 e. The first-order chi connectivity index (χ1) is 5.61. The van der Waals surface area contributed by atoms with E-state index < -0.39 is 0 Å². The van der Waals surface area contributed by atoms with E-state index in [1.165, 1.54) is 6.42 Å². The lowest BCUT2D eigenvalue weighted by Crippen LogP contribution is -2.37. The quantitative estimate of drug-likeness (QED) is 0.620. The molecule has 0 bridgehead atoms. The van der Waals surface area contributed by atoms with Crippen LogP contribution in [-0.2, 0) is 4.79 Å². The van der Waals surface area contributed by atoms with Gasteiger partial charge in [-0.25, -0.2) is 0 Å². The van der Waals surface area contributed by atoms with Crippen molar-refractivity contribution in [1.82, 2.24) is 10.2 Å². The molecule has 0 radical (unpaired) electrons. The van der Waals surface area contributed by atoms with Gasteiger partial charge >= 0.3 is 0 Å². The van der Waals surface area contributed by atoms with Crippen molar-refractivity contribution in [2.45, 2.75) is 45.4 Å². The van der Waals surface area contributed by atoms with Gasteiger partial charge in [0.25, 0.3) is 0 Å². The van der Waals surface area contributed by atoms with Crippen LogP contribution in [0, 0.1) is 5.92 Å². The van der Waals surface area contributed by atoms with Crippen LogP contribution in [-0.4, -0.2) is 29.1 Å². The molecule has 1 saturated heterocycles. The van der Waals surface area contributed by atoms with Gasteiger partial charge in [0.1, 0.15) is 0 Å². The van der Waals surface area contributed by atoms with Gasteiger partial charge in [0, 0.05) is 6.04 Å². The Labute approximate surface area is 73.1 Å². The van der Waals surface area contributed by atoms with E-state index in [2.05, 4.69) is 19.2 Å².